The molecule has 0 spiro atoms. The molecule has 0 saturated heterocycles. The van der Waals surface area contributed by atoms with Gasteiger partial charge in [0.2, 0.25) is 0 Å². The van der Waals surface area contributed by atoms with Crippen LogP contribution in [0.1, 0.15) is 10.4 Å². The number of hydrogen-bond donors (Lipinski definition) is 2. The first kappa shape index (κ1) is 9.08. The first-order valence-electron chi connectivity index (χ1n) is 3.80. The van der Waals surface area contributed by atoms with E-state index in [4.69, 9.17) is 15.3 Å². The van der Waals surface area contributed by atoms with E-state index in [-0.39, 0.29) is 5.56 Å². The van der Waals surface area contributed by atoms with Crippen LogP contribution in [0.2, 0.25) is 0 Å². The van der Waals surface area contributed by atoms with Crippen molar-refractivity contribution in [3.05, 3.63) is 28.4 Å². The second kappa shape index (κ2) is 3.02. The minimum absolute atomic E-state index is 0.156. The van der Waals surface area contributed by atoms with E-state index in [1.54, 1.807) is 6.07 Å². The van der Waals surface area contributed by atoms with Crippen molar-refractivity contribution >= 4 is 38.6 Å². The van der Waals surface area contributed by atoms with Crippen LogP contribution >= 0.6 is 15.9 Å². The van der Waals surface area contributed by atoms with Crippen molar-refractivity contribution in [3.8, 4) is 0 Å². The standard InChI is InChI=1S/C9H6BrNO3/c10-7-3-4-1-5(9(12)13)2-6(11)8(4)14-7/h1-3H,11H2,(H,12,13). The Hall–Kier alpha value is -1.49. The number of fused-ring (bicyclic) bond motifs is 1. The number of nitrogens with two attached hydrogens (primary N) is 1. The normalized spacial score (nSPS) is 10.6. The largest absolute Gasteiger partial charge is 0.478 e. The number of anilines is 1. The predicted molar refractivity (Wildman–Crippen MR) is 55.3 cm³/mol. The maximum absolute atomic E-state index is 10.7. The lowest BCUT2D eigenvalue weighted by Gasteiger charge is -1.97. The van der Waals surface area contributed by atoms with E-state index in [2.05, 4.69) is 15.9 Å². The Morgan fingerprint density at radius 2 is 2.14 bits per heavy atom. The third kappa shape index (κ3) is 1.35. The molecule has 0 bridgehead atoms. The number of rotatable bonds is 1. The number of halogens is 1. The molecule has 1 aromatic carbocycles. The summed E-state index contributed by atoms with van der Waals surface area (Å²) in [6.07, 6.45) is 0. The molecule has 0 fully saturated rings. The van der Waals surface area contributed by atoms with Gasteiger partial charge in [0.15, 0.2) is 10.3 Å². The first-order chi connectivity index (χ1) is 6.58. The molecule has 3 N–H and O–H groups in total. The Balaban J connectivity index is 2.77. The van der Waals surface area contributed by atoms with Crippen molar-refractivity contribution in [1.29, 1.82) is 0 Å². The Morgan fingerprint density at radius 3 is 2.79 bits per heavy atom. The summed E-state index contributed by atoms with van der Waals surface area (Å²) in [4.78, 5) is 10.7. The second-order valence-corrected chi connectivity index (χ2v) is 3.62. The number of carboxylic acids is 1. The third-order valence-corrected chi connectivity index (χ3v) is 2.25. The monoisotopic (exact) mass is 255 g/mol. The maximum atomic E-state index is 10.7. The molecule has 0 aliphatic carbocycles. The van der Waals surface area contributed by atoms with E-state index < -0.39 is 5.97 Å². The van der Waals surface area contributed by atoms with Crippen LogP contribution in [-0.4, -0.2) is 11.1 Å². The van der Waals surface area contributed by atoms with Crippen LogP contribution in [0.5, 0.6) is 0 Å². The van der Waals surface area contributed by atoms with Crippen molar-refractivity contribution in [1.82, 2.24) is 0 Å². The van der Waals surface area contributed by atoms with Crippen LogP contribution in [0.15, 0.2) is 27.3 Å². The van der Waals surface area contributed by atoms with Gasteiger partial charge in [-0.3, -0.25) is 0 Å². The highest BCUT2D eigenvalue weighted by molar-refractivity contribution is 9.10. The Kier molecular flexibility index (Phi) is 1.96. The fourth-order valence-corrected chi connectivity index (χ4v) is 1.68. The number of nitrogen functional groups attached to an aromatic ring is 1. The van der Waals surface area contributed by atoms with Crippen molar-refractivity contribution in [3.63, 3.8) is 0 Å². The lowest BCUT2D eigenvalue weighted by atomic mass is 10.1. The Labute approximate surface area is 87.4 Å². The summed E-state index contributed by atoms with van der Waals surface area (Å²) < 4.78 is 5.76. The van der Waals surface area contributed by atoms with Crippen molar-refractivity contribution in [2.24, 2.45) is 0 Å². The van der Waals surface area contributed by atoms with Crippen LogP contribution in [0.4, 0.5) is 5.69 Å². The molecule has 72 valence electrons. The van der Waals surface area contributed by atoms with Gasteiger partial charge in [-0.25, -0.2) is 4.79 Å². The minimum Gasteiger partial charge on any atom is -0.478 e. The molecule has 0 saturated carbocycles. The minimum atomic E-state index is -1.00. The summed E-state index contributed by atoms with van der Waals surface area (Å²) in [5, 5.41) is 9.45. The maximum Gasteiger partial charge on any atom is 0.335 e. The van der Waals surface area contributed by atoms with Gasteiger partial charge in [0.25, 0.3) is 0 Å². The number of hydrogen-bond acceptors (Lipinski definition) is 3. The summed E-state index contributed by atoms with van der Waals surface area (Å²) >= 11 is 3.15. The SMILES string of the molecule is Nc1cc(C(=O)O)cc2cc(Br)oc12. The molecule has 0 unspecified atom stereocenters. The fourth-order valence-electron chi connectivity index (χ4n) is 1.27. The molecule has 5 heteroatoms. The number of carbonyl (C=O) groups is 1. The van der Waals surface area contributed by atoms with Gasteiger partial charge in [-0.1, -0.05) is 0 Å². The molecule has 0 amide bonds. The molecule has 0 aliphatic rings. The molecule has 1 aromatic heterocycles. The summed E-state index contributed by atoms with van der Waals surface area (Å²) in [7, 11) is 0. The molecule has 0 aliphatic heterocycles. The third-order valence-electron chi connectivity index (χ3n) is 1.86. The fraction of sp³-hybridized carbons (Fsp3) is 0. The highest BCUT2D eigenvalue weighted by atomic mass is 79.9. The van der Waals surface area contributed by atoms with Crippen LogP contribution in [0, 0.1) is 0 Å². The summed E-state index contributed by atoms with van der Waals surface area (Å²) in [6, 6.07) is 4.57. The smallest absolute Gasteiger partial charge is 0.335 e. The molecular weight excluding hydrogens is 250 g/mol. The van der Waals surface area contributed by atoms with E-state index in [0.717, 1.165) is 0 Å². The van der Waals surface area contributed by atoms with Gasteiger partial charge in [0.05, 0.1) is 11.3 Å². The molecule has 0 radical (unpaired) electrons. The van der Waals surface area contributed by atoms with Gasteiger partial charge in [0, 0.05) is 5.39 Å². The van der Waals surface area contributed by atoms with Gasteiger partial charge in [-0.15, -0.1) is 0 Å². The Morgan fingerprint density at radius 1 is 1.43 bits per heavy atom. The molecular formula is C9H6BrNO3. The summed E-state index contributed by atoms with van der Waals surface area (Å²) in [6.45, 7) is 0. The number of benzene rings is 1. The lowest BCUT2D eigenvalue weighted by molar-refractivity contribution is 0.0697. The van der Waals surface area contributed by atoms with Gasteiger partial charge in [-0.2, -0.15) is 0 Å². The topological polar surface area (TPSA) is 76.5 Å². The van der Waals surface area contributed by atoms with E-state index in [1.807, 2.05) is 0 Å². The quantitative estimate of drug-likeness (QED) is 0.768. The van der Waals surface area contributed by atoms with Crippen molar-refractivity contribution in [2.45, 2.75) is 0 Å². The molecule has 4 nitrogen and oxygen atoms in total. The van der Waals surface area contributed by atoms with Crippen molar-refractivity contribution in [2.75, 3.05) is 5.73 Å². The first-order valence-corrected chi connectivity index (χ1v) is 4.59. The van der Waals surface area contributed by atoms with Crippen LogP contribution < -0.4 is 5.73 Å². The zero-order valence-corrected chi connectivity index (χ0v) is 8.54. The highest BCUT2D eigenvalue weighted by Crippen LogP contribution is 2.29. The van der Waals surface area contributed by atoms with Crippen LogP contribution in [0.3, 0.4) is 0 Å². The van der Waals surface area contributed by atoms with Gasteiger partial charge < -0.3 is 15.3 Å². The van der Waals surface area contributed by atoms with Crippen LogP contribution in [0.25, 0.3) is 11.0 Å². The van der Waals surface area contributed by atoms with Crippen molar-refractivity contribution < 1.29 is 14.3 Å². The zero-order valence-electron chi connectivity index (χ0n) is 6.95. The number of furan rings is 1. The van der Waals surface area contributed by atoms with Gasteiger partial charge >= 0.3 is 5.97 Å². The van der Waals surface area contributed by atoms with E-state index in [1.165, 1.54) is 12.1 Å². The number of aromatic carboxylic acids is 1. The summed E-state index contributed by atoms with van der Waals surface area (Å²) in [5.41, 5.74) is 6.61. The van der Waals surface area contributed by atoms with Gasteiger partial charge in [0.1, 0.15) is 0 Å². The predicted octanol–water partition coefficient (Wildman–Crippen LogP) is 2.48. The highest BCUT2D eigenvalue weighted by Gasteiger charge is 2.10. The molecule has 2 aromatic rings. The lowest BCUT2D eigenvalue weighted by Crippen LogP contribution is -1.97. The molecule has 1 heterocycles. The van der Waals surface area contributed by atoms with E-state index in [0.29, 0.717) is 21.3 Å². The molecule has 14 heavy (non-hydrogen) atoms. The number of carboxylic acid groups (broad SMARTS) is 1. The Bertz CT molecular complexity index is 518. The average Bonchev–Trinajstić information content (AvgIpc) is 2.45. The zero-order chi connectivity index (χ0) is 10.3. The average molecular weight is 256 g/mol. The van der Waals surface area contributed by atoms with E-state index >= 15 is 0 Å². The van der Waals surface area contributed by atoms with Crippen LogP contribution in [-0.2, 0) is 0 Å². The van der Waals surface area contributed by atoms with E-state index in [9.17, 15) is 4.79 Å². The second-order valence-electron chi connectivity index (χ2n) is 2.84. The van der Waals surface area contributed by atoms with Gasteiger partial charge in [-0.05, 0) is 34.1 Å². The molecule has 2 rings (SSSR count). The molecule has 0 atom stereocenters. The summed E-state index contributed by atoms with van der Waals surface area (Å²) in [5.74, 6) is -1.00.